The van der Waals surface area contributed by atoms with E-state index in [2.05, 4.69) is 5.32 Å². The van der Waals surface area contributed by atoms with Gasteiger partial charge in [0.05, 0.1) is 7.11 Å². The minimum Gasteiger partial charge on any atom is -0.497 e. The molecule has 0 bridgehead atoms. The zero-order chi connectivity index (χ0) is 16.1. The molecule has 5 heteroatoms. The van der Waals surface area contributed by atoms with Crippen LogP contribution >= 0.6 is 11.6 Å². The molecule has 0 aliphatic carbocycles. The van der Waals surface area contributed by atoms with Crippen molar-refractivity contribution in [2.24, 2.45) is 0 Å². The zero-order valence-corrected chi connectivity index (χ0v) is 13.5. The van der Waals surface area contributed by atoms with Crippen molar-refractivity contribution in [3.05, 3.63) is 53.1 Å². The molecule has 116 valence electrons. The van der Waals surface area contributed by atoms with Gasteiger partial charge in [-0.15, -0.1) is 0 Å². The lowest BCUT2D eigenvalue weighted by Crippen LogP contribution is -2.30. The summed E-state index contributed by atoms with van der Waals surface area (Å²) in [7, 11) is 1.58. The van der Waals surface area contributed by atoms with Crippen LogP contribution in [0.1, 0.15) is 12.5 Å². The van der Waals surface area contributed by atoms with Gasteiger partial charge in [0.15, 0.2) is 6.10 Å². The number of carbonyl (C=O) groups excluding carboxylic acids is 1. The number of nitrogens with one attached hydrogen (secondary N) is 1. The maximum atomic E-state index is 12.2. The van der Waals surface area contributed by atoms with E-state index in [4.69, 9.17) is 21.1 Å². The molecule has 1 atom stereocenters. The van der Waals surface area contributed by atoms with Gasteiger partial charge in [0.25, 0.3) is 5.91 Å². The number of benzene rings is 2. The molecule has 22 heavy (non-hydrogen) atoms. The lowest BCUT2D eigenvalue weighted by Gasteiger charge is -2.16. The quantitative estimate of drug-likeness (QED) is 0.904. The molecule has 0 aromatic heterocycles. The Hall–Kier alpha value is -2.20. The summed E-state index contributed by atoms with van der Waals surface area (Å²) in [6.45, 7) is 3.58. The summed E-state index contributed by atoms with van der Waals surface area (Å²) in [4.78, 5) is 12.2. The molecular formula is C17H18ClNO3. The lowest BCUT2D eigenvalue weighted by molar-refractivity contribution is -0.122. The Labute approximate surface area is 135 Å². The first-order valence-corrected chi connectivity index (χ1v) is 7.25. The van der Waals surface area contributed by atoms with Gasteiger partial charge in [0.2, 0.25) is 0 Å². The Bertz CT molecular complexity index is 673. The molecular weight excluding hydrogens is 302 g/mol. The van der Waals surface area contributed by atoms with Crippen LogP contribution in [0.5, 0.6) is 11.5 Å². The third-order valence-electron chi connectivity index (χ3n) is 3.17. The molecule has 4 nitrogen and oxygen atoms in total. The molecule has 1 amide bonds. The smallest absolute Gasteiger partial charge is 0.265 e. The highest BCUT2D eigenvalue weighted by Gasteiger charge is 2.16. The maximum Gasteiger partial charge on any atom is 0.265 e. The highest BCUT2D eigenvalue weighted by Crippen LogP contribution is 2.22. The summed E-state index contributed by atoms with van der Waals surface area (Å²) in [5.74, 6) is 1.03. The average Bonchev–Trinajstić information content (AvgIpc) is 2.50. The number of anilines is 1. The Kier molecular flexibility index (Phi) is 5.28. The lowest BCUT2D eigenvalue weighted by atomic mass is 10.2. The van der Waals surface area contributed by atoms with Gasteiger partial charge in [-0.2, -0.15) is 0 Å². The first kappa shape index (κ1) is 16.2. The molecule has 2 aromatic carbocycles. The average molecular weight is 320 g/mol. The Morgan fingerprint density at radius 3 is 2.59 bits per heavy atom. The van der Waals surface area contributed by atoms with Crippen molar-refractivity contribution in [3.8, 4) is 11.5 Å². The van der Waals surface area contributed by atoms with Crippen molar-refractivity contribution in [2.75, 3.05) is 12.4 Å². The summed E-state index contributed by atoms with van der Waals surface area (Å²) in [6.07, 6.45) is -0.637. The topological polar surface area (TPSA) is 47.6 Å². The van der Waals surface area contributed by atoms with Gasteiger partial charge in [-0.1, -0.05) is 17.7 Å². The molecule has 0 saturated carbocycles. The van der Waals surface area contributed by atoms with E-state index in [1.807, 2.05) is 19.1 Å². The number of hydrogen-bond acceptors (Lipinski definition) is 3. The van der Waals surface area contributed by atoms with Crippen molar-refractivity contribution in [1.29, 1.82) is 0 Å². The summed E-state index contributed by atoms with van der Waals surface area (Å²) in [5.41, 5.74) is 1.62. The van der Waals surface area contributed by atoms with Crippen molar-refractivity contribution < 1.29 is 14.3 Å². The van der Waals surface area contributed by atoms with Crippen LogP contribution in [0.2, 0.25) is 5.02 Å². The maximum absolute atomic E-state index is 12.2. The fourth-order valence-corrected chi connectivity index (χ4v) is 2.16. The van der Waals surface area contributed by atoms with Crippen molar-refractivity contribution in [2.45, 2.75) is 20.0 Å². The van der Waals surface area contributed by atoms with E-state index < -0.39 is 6.10 Å². The van der Waals surface area contributed by atoms with Crippen LogP contribution < -0.4 is 14.8 Å². The second-order valence-corrected chi connectivity index (χ2v) is 5.32. The van der Waals surface area contributed by atoms with E-state index in [9.17, 15) is 4.79 Å². The number of halogens is 1. The Morgan fingerprint density at radius 1 is 1.18 bits per heavy atom. The van der Waals surface area contributed by atoms with Crippen LogP contribution in [-0.4, -0.2) is 19.1 Å². The number of methoxy groups -OCH3 is 1. The predicted molar refractivity (Wildman–Crippen MR) is 87.9 cm³/mol. The van der Waals surface area contributed by atoms with E-state index in [-0.39, 0.29) is 5.91 Å². The molecule has 0 fully saturated rings. The number of amides is 1. The van der Waals surface area contributed by atoms with Crippen LogP contribution in [0.3, 0.4) is 0 Å². The third kappa shape index (κ3) is 4.15. The predicted octanol–water partition coefficient (Wildman–Crippen LogP) is 4.06. The van der Waals surface area contributed by atoms with Gasteiger partial charge in [-0.3, -0.25) is 4.79 Å². The highest BCUT2D eigenvalue weighted by atomic mass is 35.5. The molecule has 0 spiro atoms. The number of aryl methyl sites for hydroxylation is 1. The summed E-state index contributed by atoms with van der Waals surface area (Å²) in [6, 6.07) is 12.4. The van der Waals surface area contributed by atoms with Crippen LogP contribution in [0.15, 0.2) is 42.5 Å². The Morgan fingerprint density at radius 2 is 1.91 bits per heavy atom. The van der Waals surface area contributed by atoms with Crippen molar-refractivity contribution in [3.63, 3.8) is 0 Å². The molecule has 2 aromatic rings. The summed E-state index contributed by atoms with van der Waals surface area (Å²) >= 11 is 5.90. The number of carbonyl (C=O) groups is 1. The standard InChI is InChI=1S/C17H18ClNO3/c1-11-9-13(18)7-8-16(11)19-17(20)12(2)22-15-6-4-5-14(10-15)21-3/h4-10,12H,1-3H3,(H,19,20). The van der Waals surface area contributed by atoms with Gasteiger partial charge in [0, 0.05) is 16.8 Å². The van der Waals surface area contributed by atoms with Crippen LogP contribution in [0.25, 0.3) is 0 Å². The second kappa shape index (κ2) is 7.18. The van der Waals surface area contributed by atoms with Gasteiger partial charge in [-0.25, -0.2) is 0 Å². The Balaban J connectivity index is 2.02. The van der Waals surface area contributed by atoms with Gasteiger partial charge < -0.3 is 14.8 Å². The fourth-order valence-electron chi connectivity index (χ4n) is 1.93. The van der Waals surface area contributed by atoms with E-state index in [1.165, 1.54) is 0 Å². The van der Waals surface area contributed by atoms with Crippen LogP contribution in [0, 0.1) is 6.92 Å². The minimum absolute atomic E-state index is 0.228. The molecule has 2 rings (SSSR count). The summed E-state index contributed by atoms with van der Waals surface area (Å²) in [5, 5.41) is 3.47. The number of rotatable bonds is 5. The molecule has 0 aliphatic rings. The summed E-state index contributed by atoms with van der Waals surface area (Å²) < 4.78 is 10.8. The van der Waals surface area contributed by atoms with E-state index in [0.29, 0.717) is 16.5 Å². The normalized spacial score (nSPS) is 11.6. The zero-order valence-electron chi connectivity index (χ0n) is 12.7. The van der Waals surface area contributed by atoms with Crippen molar-refractivity contribution in [1.82, 2.24) is 0 Å². The fraction of sp³-hybridized carbons (Fsp3) is 0.235. The molecule has 0 saturated heterocycles. The molecule has 0 aliphatic heterocycles. The largest absolute Gasteiger partial charge is 0.497 e. The minimum atomic E-state index is -0.637. The van der Waals surface area contributed by atoms with Crippen LogP contribution in [0.4, 0.5) is 5.69 Å². The SMILES string of the molecule is COc1cccc(OC(C)C(=O)Nc2ccc(Cl)cc2C)c1. The van der Waals surface area contributed by atoms with E-state index >= 15 is 0 Å². The highest BCUT2D eigenvalue weighted by molar-refractivity contribution is 6.30. The third-order valence-corrected chi connectivity index (χ3v) is 3.40. The number of hydrogen-bond donors (Lipinski definition) is 1. The molecule has 0 radical (unpaired) electrons. The number of ether oxygens (including phenoxy) is 2. The molecule has 0 heterocycles. The first-order valence-electron chi connectivity index (χ1n) is 6.87. The second-order valence-electron chi connectivity index (χ2n) is 4.89. The van der Waals surface area contributed by atoms with Gasteiger partial charge in [-0.05, 0) is 49.7 Å². The van der Waals surface area contributed by atoms with Gasteiger partial charge >= 0.3 is 0 Å². The van der Waals surface area contributed by atoms with Crippen LogP contribution in [-0.2, 0) is 4.79 Å². The first-order chi connectivity index (χ1) is 10.5. The molecule has 1 unspecified atom stereocenters. The van der Waals surface area contributed by atoms with E-state index in [0.717, 1.165) is 11.3 Å². The van der Waals surface area contributed by atoms with Gasteiger partial charge in [0.1, 0.15) is 11.5 Å². The monoisotopic (exact) mass is 319 g/mol. The van der Waals surface area contributed by atoms with E-state index in [1.54, 1.807) is 44.4 Å². The van der Waals surface area contributed by atoms with Crippen molar-refractivity contribution >= 4 is 23.2 Å². The molecule has 1 N–H and O–H groups in total.